The highest BCUT2D eigenvalue weighted by Crippen LogP contribution is 2.45. The van der Waals surface area contributed by atoms with Crippen molar-refractivity contribution in [1.82, 2.24) is 9.47 Å². The van der Waals surface area contributed by atoms with E-state index in [4.69, 9.17) is 16.3 Å². The number of fused-ring (bicyclic) bond motifs is 3. The van der Waals surface area contributed by atoms with Crippen molar-refractivity contribution in [2.75, 3.05) is 13.1 Å². The minimum atomic E-state index is -0.812. The molecule has 1 unspecified atom stereocenters. The molecule has 1 saturated carbocycles. The van der Waals surface area contributed by atoms with Gasteiger partial charge in [0.1, 0.15) is 11.4 Å². The molecule has 0 radical (unpaired) electrons. The highest BCUT2D eigenvalue weighted by Gasteiger charge is 2.48. The van der Waals surface area contributed by atoms with Gasteiger partial charge in [-0.2, -0.15) is 5.26 Å². The van der Waals surface area contributed by atoms with Gasteiger partial charge in [-0.05, 0) is 48.9 Å². The van der Waals surface area contributed by atoms with Gasteiger partial charge in [0, 0.05) is 61.1 Å². The number of nitriles is 1. The second-order valence-electron chi connectivity index (χ2n) is 10.2. The number of piperidine rings is 1. The summed E-state index contributed by atoms with van der Waals surface area (Å²) in [6.45, 7) is 1.51. The molecule has 2 fully saturated rings. The molecule has 184 valence electrons. The SMILES string of the molecule is N#CCC(Cn1cc(C(=O)N2CCC3(CC2)OC(=O)c2cc(F)ccc23)c2ccc(Cl)cc21)C1CC1. The number of rotatable bonds is 5. The van der Waals surface area contributed by atoms with Crippen LogP contribution in [0.1, 0.15) is 58.4 Å². The van der Waals surface area contributed by atoms with E-state index in [0.29, 0.717) is 61.0 Å². The fourth-order valence-corrected chi connectivity index (χ4v) is 6.05. The Hall–Kier alpha value is -3.37. The largest absolute Gasteiger partial charge is 0.450 e. The lowest BCUT2D eigenvalue weighted by Crippen LogP contribution is -2.45. The molecule has 3 aromatic rings. The van der Waals surface area contributed by atoms with Crippen LogP contribution < -0.4 is 0 Å². The van der Waals surface area contributed by atoms with E-state index in [0.717, 1.165) is 23.7 Å². The average Bonchev–Trinajstić information content (AvgIpc) is 3.61. The number of carbonyl (C=O) groups excluding carboxylic acids is 2. The minimum Gasteiger partial charge on any atom is -0.450 e. The molecule has 0 N–H and O–H groups in total. The zero-order valence-electron chi connectivity index (χ0n) is 19.7. The van der Waals surface area contributed by atoms with Crippen molar-refractivity contribution in [2.45, 2.75) is 44.2 Å². The summed E-state index contributed by atoms with van der Waals surface area (Å²) in [4.78, 5) is 27.9. The van der Waals surface area contributed by atoms with Crippen LogP contribution in [0.15, 0.2) is 42.6 Å². The van der Waals surface area contributed by atoms with Gasteiger partial charge in [-0.3, -0.25) is 4.79 Å². The van der Waals surface area contributed by atoms with E-state index in [1.54, 1.807) is 17.0 Å². The molecule has 1 amide bonds. The number of likely N-dealkylation sites (tertiary alicyclic amines) is 1. The summed E-state index contributed by atoms with van der Waals surface area (Å²) in [5.41, 5.74) is 1.67. The summed E-state index contributed by atoms with van der Waals surface area (Å²) < 4.78 is 21.5. The predicted octanol–water partition coefficient (Wildman–Crippen LogP) is 5.68. The van der Waals surface area contributed by atoms with Gasteiger partial charge in [-0.15, -0.1) is 0 Å². The standard InChI is InChI=1S/C28H25ClFN3O3/c29-19-3-5-21-23(16-33(25(21)13-19)15-18(7-10-31)17-1-2-17)26(34)32-11-8-28(9-12-32)24-6-4-20(30)14-22(24)27(35)36-28/h3-6,13-14,16-18H,1-2,7-9,11-12,15H2. The summed E-state index contributed by atoms with van der Waals surface area (Å²) in [5, 5.41) is 10.7. The first-order valence-corrected chi connectivity index (χ1v) is 12.7. The number of nitrogens with zero attached hydrogens (tertiary/aromatic N) is 3. The number of hydrogen-bond acceptors (Lipinski definition) is 4. The van der Waals surface area contributed by atoms with Gasteiger partial charge in [-0.25, -0.2) is 9.18 Å². The van der Waals surface area contributed by atoms with Gasteiger partial charge in [0.05, 0.1) is 22.7 Å². The molecule has 2 aromatic carbocycles. The predicted molar refractivity (Wildman–Crippen MR) is 132 cm³/mol. The quantitative estimate of drug-likeness (QED) is 0.418. The van der Waals surface area contributed by atoms with Crippen LogP contribution in [0.5, 0.6) is 0 Å². The highest BCUT2D eigenvalue weighted by molar-refractivity contribution is 6.31. The molecule has 1 atom stereocenters. The molecular weight excluding hydrogens is 481 g/mol. The normalized spacial score (nSPS) is 19.2. The molecule has 2 aliphatic heterocycles. The van der Waals surface area contributed by atoms with Crippen LogP contribution in [0, 0.1) is 29.0 Å². The zero-order chi connectivity index (χ0) is 25.0. The first-order chi connectivity index (χ1) is 17.4. The first kappa shape index (κ1) is 23.1. The Morgan fingerprint density at radius 3 is 2.72 bits per heavy atom. The van der Waals surface area contributed by atoms with Crippen LogP contribution in [-0.4, -0.2) is 34.4 Å². The van der Waals surface area contributed by atoms with Crippen molar-refractivity contribution in [2.24, 2.45) is 11.8 Å². The molecule has 36 heavy (non-hydrogen) atoms. The van der Waals surface area contributed by atoms with E-state index >= 15 is 0 Å². The van der Waals surface area contributed by atoms with E-state index in [9.17, 15) is 19.2 Å². The number of hydrogen-bond donors (Lipinski definition) is 0. The maximum atomic E-state index is 13.7. The number of halogens is 2. The molecule has 1 aliphatic carbocycles. The van der Waals surface area contributed by atoms with Gasteiger partial charge in [0.2, 0.25) is 0 Å². The fraction of sp³-hybridized carbons (Fsp3) is 0.393. The second-order valence-corrected chi connectivity index (χ2v) is 10.6. The lowest BCUT2D eigenvalue weighted by Gasteiger charge is -2.38. The molecule has 1 spiro atoms. The van der Waals surface area contributed by atoms with E-state index < -0.39 is 17.4 Å². The van der Waals surface area contributed by atoms with Crippen LogP contribution in [-0.2, 0) is 16.9 Å². The number of esters is 1. The number of ether oxygens (including phenoxy) is 1. The first-order valence-electron chi connectivity index (χ1n) is 12.4. The third kappa shape index (κ3) is 3.84. The third-order valence-electron chi connectivity index (χ3n) is 7.99. The van der Waals surface area contributed by atoms with Crippen LogP contribution in [0.3, 0.4) is 0 Å². The maximum Gasteiger partial charge on any atom is 0.339 e. The molecule has 3 heterocycles. The Kier molecular flexibility index (Phi) is 5.53. The lowest BCUT2D eigenvalue weighted by atomic mass is 9.83. The van der Waals surface area contributed by atoms with Gasteiger partial charge in [0.15, 0.2) is 0 Å². The van der Waals surface area contributed by atoms with E-state index in [1.165, 1.54) is 12.1 Å². The van der Waals surface area contributed by atoms with Gasteiger partial charge < -0.3 is 14.2 Å². The van der Waals surface area contributed by atoms with Crippen molar-refractivity contribution in [3.05, 3.63) is 70.1 Å². The van der Waals surface area contributed by atoms with Crippen molar-refractivity contribution >= 4 is 34.4 Å². The monoisotopic (exact) mass is 505 g/mol. The van der Waals surface area contributed by atoms with Crippen molar-refractivity contribution < 1.29 is 18.7 Å². The minimum absolute atomic E-state index is 0.0807. The Bertz CT molecular complexity index is 1430. The van der Waals surface area contributed by atoms with Crippen LogP contribution in [0.4, 0.5) is 4.39 Å². The number of aromatic nitrogens is 1. The van der Waals surface area contributed by atoms with Crippen LogP contribution in [0.25, 0.3) is 10.9 Å². The van der Waals surface area contributed by atoms with E-state index in [1.807, 2.05) is 18.3 Å². The van der Waals surface area contributed by atoms with Gasteiger partial charge in [0.25, 0.3) is 5.91 Å². The summed E-state index contributed by atoms with van der Waals surface area (Å²) in [7, 11) is 0. The van der Waals surface area contributed by atoms with Crippen molar-refractivity contribution in [3.63, 3.8) is 0 Å². The van der Waals surface area contributed by atoms with Crippen molar-refractivity contribution in [3.8, 4) is 6.07 Å². The number of amides is 1. The summed E-state index contributed by atoms with van der Waals surface area (Å²) in [6, 6.07) is 12.1. The highest BCUT2D eigenvalue weighted by atomic mass is 35.5. The molecule has 6 rings (SSSR count). The molecule has 1 saturated heterocycles. The Morgan fingerprint density at radius 1 is 1.22 bits per heavy atom. The fourth-order valence-electron chi connectivity index (χ4n) is 5.89. The van der Waals surface area contributed by atoms with E-state index in [2.05, 4.69) is 10.6 Å². The Morgan fingerprint density at radius 2 is 2.00 bits per heavy atom. The topological polar surface area (TPSA) is 75.3 Å². The van der Waals surface area contributed by atoms with Crippen LogP contribution >= 0.6 is 11.6 Å². The zero-order valence-corrected chi connectivity index (χ0v) is 20.4. The molecule has 8 heteroatoms. The molecule has 6 nitrogen and oxygen atoms in total. The summed E-state index contributed by atoms with van der Waals surface area (Å²) in [5.74, 6) is -0.242. The van der Waals surface area contributed by atoms with Gasteiger partial charge >= 0.3 is 5.97 Å². The summed E-state index contributed by atoms with van der Waals surface area (Å²) in [6.07, 6.45) is 5.60. The molecular formula is C28H25ClFN3O3. The van der Waals surface area contributed by atoms with Crippen molar-refractivity contribution in [1.29, 1.82) is 5.26 Å². The van der Waals surface area contributed by atoms with Gasteiger partial charge in [-0.1, -0.05) is 23.7 Å². The molecule has 0 bridgehead atoms. The lowest BCUT2D eigenvalue weighted by molar-refractivity contribution is -0.0389. The summed E-state index contributed by atoms with van der Waals surface area (Å²) >= 11 is 6.31. The maximum absolute atomic E-state index is 13.7. The Balaban J connectivity index is 1.26. The third-order valence-corrected chi connectivity index (χ3v) is 8.22. The molecule has 3 aliphatic rings. The smallest absolute Gasteiger partial charge is 0.339 e. The van der Waals surface area contributed by atoms with Crippen LogP contribution in [0.2, 0.25) is 5.02 Å². The van der Waals surface area contributed by atoms with E-state index in [-0.39, 0.29) is 17.4 Å². The second kappa shape index (κ2) is 8.63. The average molecular weight is 506 g/mol. The Labute approximate surface area is 213 Å². The number of benzene rings is 2. The molecule has 1 aromatic heterocycles. The number of carbonyl (C=O) groups is 2.